The molecule has 1 aliphatic heterocycles. The van der Waals surface area contributed by atoms with E-state index in [2.05, 4.69) is 42.5 Å². The van der Waals surface area contributed by atoms with Crippen molar-refractivity contribution in [2.75, 3.05) is 16.8 Å². The van der Waals surface area contributed by atoms with Gasteiger partial charge >= 0.3 is 6.03 Å². The average Bonchev–Trinajstić information content (AvgIpc) is 2.88. The Hall–Kier alpha value is -4.36. The standard InChI is InChI=1S/C27H20Br2N4O7/c1-14-3-8-22(15(2)9-14)30-23(34)13-40-24-20(28)11-16(12-21(24)29)10-19-25(35)31-27(37)32(26(19)36)17-4-6-18(7-5-17)33(38)39/h3-12H,13H2,1-2H3,(H,30,34)(H,31,35,37)/b19-10-. The van der Waals surface area contributed by atoms with E-state index >= 15 is 0 Å². The molecule has 0 unspecified atom stereocenters. The number of imide groups is 2. The highest BCUT2D eigenvalue weighted by atomic mass is 79.9. The summed E-state index contributed by atoms with van der Waals surface area (Å²) in [5, 5.41) is 15.8. The van der Waals surface area contributed by atoms with Gasteiger partial charge in [-0.25, -0.2) is 9.69 Å². The molecule has 1 saturated heterocycles. The summed E-state index contributed by atoms with van der Waals surface area (Å²) in [6.07, 6.45) is 1.29. The fourth-order valence-electron chi connectivity index (χ4n) is 3.86. The predicted octanol–water partition coefficient (Wildman–Crippen LogP) is 5.42. The SMILES string of the molecule is Cc1ccc(NC(=O)COc2c(Br)cc(/C=C3/C(=O)NC(=O)N(c4ccc([N+](=O)[O-])cc4)C3=O)cc2Br)c(C)c1. The zero-order valence-electron chi connectivity index (χ0n) is 21.0. The minimum atomic E-state index is -0.980. The number of anilines is 2. The van der Waals surface area contributed by atoms with Crippen LogP contribution in [0.1, 0.15) is 16.7 Å². The summed E-state index contributed by atoms with van der Waals surface area (Å²) in [5.74, 6) is -1.85. The monoisotopic (exact) mass is 670 g/mol. The lowest BCUT2D eigenvalue weighted by Gasteiger charge is -2.26. The van der Waals surface area contributed by atoms with E-state index in [0.29, 0.717) is 30.8 Å². The highest BCUT2D eigenvalue weighted by molar-refractivity contribution is 9.11. The number of amides is 5. The first-order valence-electron chi connectivity index (χ1n) is 11.6. The predicted molar refractivity (Wildman–Crippen MR) is 154 cm³/mol. The molecule has 0 aliphatic carbocycles. The highest BCUT2D eigenvalue weighted by Crippen LogP contribution is 2.36. The average molecular weight is 672 g/mol. The molecule has 2 N–H and O–H groups in total. The second-order valence-corrected chi connectivity index (χ2v) is 10.4. The summed E-state index contributed by atoms with van der Waals surface area (Å²) in [6.45, 7) is 3.57. The van der Waals surface area contributed by atoms with Crippen molar-refractivity contribution >= 4 is 78.8 Å². The first-order chi connectivity index (χ1) is 18.9. The number of nitrogens with one attached hydrogen (secondary N) is 2. The number of carbonyl (C=O) groups excluding carboxylic acids is 4. The summed E-state index contributed by atoms with van der Waals surface area (Å²) >= 11 is 6.77. The lowest BCUT2D eigenvalue weighted by Crippen LogP contribution is -2.54. The molecular formula is C27H20Br2N4O7. The molecule has 0 bridgehead atoms. The van der Waals surface area contributed by atoms with Crippen LogP contribution in [-0.4, -0.2) is 35.3 Å². The molecule has 4 rings (SSSR count). The first kappa shape index (κ1) is 28.6. The van der Waals surface area contributed by atoms with Crippen molar-refractivity contribution in [3.8, 4) is 5.75 Å². The molecule has 13 heteroatoms. The van der Waals surface area contributed by atoms with E-state index in [9.17, 15) is 29.3 Å². The van der Waals surface area contributed by atoms with Gasteiger partial charge in [-0.1, -0.05) is 17.7 Å². The van der Waals surface area contributed by atoms with Crippen molar-refractivity contribution < 1.29 is 28.8 Å². The van der Waals surface area contributed by atoms with Crippen LogP contribution in [0.5, 0.6) is 5.75 Å². The Morgan fingerprint density at radius 2 is 1.70 bits per heavy atom. The van der Waals surface area contributed by atoms with Crippen LogP contribution >= 0.6 is 31.9 Å². The second-order valence-electron chi connectivity index (χ2n) is 8.70. The summed E-state index contributed by atoms with van der Waals surface area (Å²) in [6, 6.07) is 12.6. The summed E-state index contributed by atoms with van der Waals surface area (Å²) in [5.41, 5.74) is 2.57. The number of nitrogens with zero attached hydrogens (tertiary/aromatic N) is 2. The van der Waals surface area contributed by atoms with E-state index in [4.69, 9.17) is 4.74 Å². The Balaban J connectivity index is 1.52. The lowest BCUT2D eigenvalue weighted by atomic mass is 10.1. The molecule has 0 aromatic heterocycles. The third-order valence-electron chi connectivity index (χ3n) is 5.76. The maximum atomic E-state index is 13.1. The Morgan fingerprint density at radius 1 is 1.05 bits per heavy atom. The van der Waals surface area contributed by atoms with Crippen LogP contribution < -0.4 is 20.3 Å². The minimum absolute atomic E-state index is 0.0525. The van der Waals surface area contributed by atoms with Gasteiger partial charge in [-0.15, -0.1) is 0 Å². The molecule has 1 aliphatic rings. The van der Waals surface area contributed by atoms with Gasteiger partial charge in [-0.3, -0.25) is 29.8 Å². The number of non-ortho nitro benzene ring substituents is 1. The van der Waals surface area contributed by atoms with Crippen molar-refractivity contribution in [3.63, 3.8) is 0 Å². The van der Waals surface area contributed by atoms with Gasteiger partial charge in [0.05, 0.1) is 19.6 Å². The Bertz CT molecular complexity index is 1580. The zero-order valence-corrected chi connectivity index (χ0v) is 24.2. The van der Waals surface area contributed by atoms with E-state index in [1.807, 2.05) is 32.0 Å². The molecule has 40 heavy (non-hydrogen) atoms. The minimum Gasteiger partial charge on any atom is -0.481 e. The number of nitro benzene ring substituents is 1. The molecule has 0 radical (unpaired) electrons. The summed E-state index contributed by atoms with van der Waals surface area (Å²) < 4.78 is 6.56. The molecule has 0 saturated carbocycles. The number of urea groups is 1. The topological polar surface area (TPSA) is 148 Å². The quantitative estimate of drug-likeness (QED) is 0.147. The molecule has 3 aromatic rings. The lowest BCUT2D eigenvalue weighted by molar-refractivity contribution is -0.384. The normalized spacial score (nSPS) is 14.2. The van der Waals surface area contributed by atoms with E-state index in [1.165, 1.54) is 18.2 Å². The summed E-state index contributed by atoms with van der Waals surface area (Å²) in [4.78, 5) is 61.5. The van der Waals surface area contributed by atoms with Crippen LogP contribution in [-0.2, 0) is 14.4 Å². The fourth-order valence-corrected chi connectivity index (χ4v) is 5.31. The van der Waals surface area contributed by atoms with Crippen molar-refractivity contribution in [1.29, 1.82) is 0 Å². The van der Waals surface area contributed by atoms with E-state index in [-0.39, 0.29) is 29.5 Å². The zero-order chi connectivity index (χ0) is 29.1. The number of halogens is 2. The van der Waals surface area contributed by atoms with Crippen LogP contribution in [0.15, 0.2) is 69.1 Å². The number of barbiturate groups is 1. The molecule has 0 spiro atoms. The van der Waals surface area contributed by atoms with Crippen molar-refractivity contribution in [2.45, 2.75) is 13.8 Å². The van der Waals surface area contributed by atoms with E-state index in [1.54, 1.807) is 12.1 Å². The molecular weight excluding hydrogens is 652 g/mol. The molecule has 1 heterocycles. The maximum Gasteiger partial charge on any atom is 0.335 e. The molecule has 1 fully saturated rings. The van der Waals surface area contributed by atoms with Gasteiger partial charge in [0.2, 0.25) is 0 Å². The van der Waals surface area contributed by atoms with Crippen molar-refractivity contribution in [1.82, 2.24) is 5.32 Å². The van der Waals surface area contributed by atoms with Crippen LogP contribution in [0.4, 0.5) is 21.9 Å². The number of rotatable bonds is 7. The van der Waals surface area contributed by atoms with Crippen LogP contribution in [0, 0.1) is 24.0 Å². The van der Waals surface area contributed by atoms with E-state index in [0.717, 1.165) is 23.3 Å². The van der Waals surface area contributed by atoms with Gasteiger partial charge in [0, 0.05) is 17.8 Å². The third kappa shape index (κ3) is 6.26. The molecule has 0 atom stereocenters. The van der Waals surface area contributed by atoms with Gasteiger partial charge in [-0.05, 0) is 93.2 Å². The number of hydrogen-bond acceptors (Lipinski definition) is 7. The maximum absolute atomic E-state index is 13.1. The highest BCUT2D eigenvalue weighted by Gasteiger charge is 2.37. The summed E-state index contributed by atoms with van der Waals surface area (Å²) in [7, 11) is 0. The van der Waals surface area contributed by atoms with Gasteiger partial charge in [0.15, 0.2) is 6.61 Å². The number of ether oxygens (including phenoxy) is 1. The largest absolute Gasteiger partial charge is 0.481 e. The fraction of sp³-hybridized carbons (Fsp3) is 0.111. The smallest absolute Gasteiger partial charge is 0.335 e. The molecule has 5 amide bonds. The van der Waals surface area contributed by atoms with Crippen LogP contribution in [0.2, 0.25) is 0 Å². The van der Waals surface area contributed by atoms with Crippen molar-refractivity contribution in [2.24, 2.45) is 0 Å². The molecule has 3 aromatic carbocycles. The van der Waals surface area contributed by atoms with Crippen LogP contribution in [0.3, 0.4) is 0 Å². The Labute approximate surface area is 244 Å². The van der Waals surface area contributed by atoms with Gasteiger partial charge in [-0.2, -0.15) is 0 Å². The second kappa shape index (κ2) is 11.8. The third-order valence-corrected chi connectivity index (χ3v) is 6.93. The number of benzene rings is 3. The molecule has 11 nitrogen and oxygen atoms in total. The Kier molecular flexibility index (Phi) is 8.45. The molecule has 204 valence electrons. The van der Waals surface area contributed by atoms with E-state index < -0.39 is 22.8 Å². The van der Waals surface area contributed by atoms with Crippen molar-refractivity contribution in [3.05, 3.63) is 95.9 Å². The Morgan fingerprint density at radius 3 is 2.30 bits per heavy atom. The first-order valence-corrected chi connectivity index (χ1v) is 13.2. The van der Waals surface area contributed by atoms with Gasteiger partial charge < -0.3 is 10.1 Å². The number of hydrogen-bond donors (Lipinski definition) is 2. The van der Waals surface area contributed by atoms with Crippen LogP contribution in [0.25, 0.3) is 6.08 Å². The number of aryl methyl sites for hydroxylation is 2. The van der Waals surface area contributed by atoms with Gasteiger partial charge in [0.25, 0.3) is 23.4 Å². The van der Waals surface area contributed by atoms with Gasteiger partial charge in [0.1, 0.15) is 11.3 Å². The number of nitro groups is 1. The number of carbonyl (C=O) groups is 4.